The van der Waals surface area contributed by atoms with Gasteiger partial charge in [-0.25, -0.2) is 0 Å². The highest BCUT2D eigenvalue weighted by Gasteiger charge is 2.11. The molecule has 4 heteroatoms. The van der Waals surface area contributed by atoms with E-state index >= 15 is 0 Å². The summed E-state index contributed by atoms with van der Waals surface area (Å²) < 4.78 is 16.3. The van der Waals surface area contributed by atoms with Crippen molar-refractivity contribution in [2.75, 3.05) is 20.8 Å². The summed E-state index contributed by atoms with van der Waals surface area (Å²) in [6, 6.07) is 12.0. The molecule has 0 spiro atoms. The van der Waals surface area contributed by atoms with Crippen LogP contribution in [-0.4, -0.2) is 20.8 Å². The van der Waals surface area contributed by atoms with Crippen molar-refractivity contribution in [3.63, 3.8) is 0 Å². The third-order valence-electron chi connectivity index (χ3n) is 3.46. The molecule has 0 saturated carbocycles. The van der Waals surface area contributed by atoms with Gasteiger partial charge in [-0.3, -0.25) is 0 Å². The van der Waals surface area contributed by atoms with Gasteiger partial charge in [0.05, 0.1) is 26.7 Å². The molecule has 118 valence electrons. The molecule has 0 N–H and O–H groups in total. The van der Waals surface area contributed by atoms with Crippen molar-refractivity contribution >= 4 is 11.6 Å². The first-order valence-electron chi connectivity index (χ1n) is 7.23. The van der Waals surface area contributed by atoms with Gasteiger partial charge in [0.1, 0.15) is 17.2 Å². The predicted octanol–water partition coefficient (Wildman–Crippen LogP) is 4.43. The number of benzene rings is 2. The van der Waals surface area contributed by atoms with Crippen molar-refractivity contribution in [2.24, 2.45) is 0 Å². The predicted molar refractivity (Wildman–Crippen MR) is 89.5 cm³/mol. The van der Waals surface area contributed by atoms with Crippen LogP contribution in [0.2, 0.25) is 0 Å². The van der Waals surface area contributed by atoms with Crippen LogP contribution in [0.3, 0.4) is 0 Å². The van der Waals surface area contributed by atoms with E-state index in [4.69, 9.17) is 25.8 Å². The summed E-state index contributed by atoms with van der Waals surface area (Å²) in [7, 11) is 3.30. The van der Waals surface area contributed by atoms with E-state index in [1.165, 1.54) is 5.56 Å². The zero-order chi connectivity index (χ0) is 15.9. The summed E-state index contributed by atoms with van der Waals surface area (Å²) in [4.78, 5) is 0. The highest BCUT2D eigenvalue weighted by atomic mass is 35.5. The van der Waals surface area contributed by atoms with E-state index in [1.54, 1.807) is 14.2 Å². The van der Waals surface area contributed by atoms with Crippen molar-refractivity contribution in [3.8, 4) is 17.2 Å². The van der Waals surface area contributed by atoms with Gasteiger partial charge >= 0.3 is 0 Å². The first-order chi connectivity index (χ1) is 10.7. The molecule has 0 heterocycles. The van der Waals surface area contributed by atoms with Gasteiger partial charge in [0.2, 0.25) is 0 Å². The molecule has 0 fully saturated rings. The average molecular weight is 321 g/mol. The van der Waals surface area contributed by atoms with E-state index in [1.807, 2.05) is 31.2 Å². The first-order valence-corrected chi connectivity index (χ1v) is 7.76. The summed E-state index contributed by atoms with van der Waals surface area (Å²) >= 11 is 6.00. The number of hydrogen-bond donors (Lipinski definition) is 0. The van der Waals surface area contributed by atoms with Gasteiger partial charge in [0.25, 0.3) is 0 Å². The Bertz CT molecular complexity index is 608. The van der Waals surface area contributed by atoms with Crippen molar-refractivity contribution in [3.05, 3.63) is 53.1 Å². The lowest BCUT2D eigenvalue weighted by atomic mass is 10.0. The zero-order valence-corrected chi connectivity index (χ0v) is 13.9. The Morgan fingerprint density at radius 3 is 2.09 bits per heavy atom. The van der Waals surface area contributed by atoms with Gasteiger partial charge in [-0.05, 0) is 36.2 Å². The molecular formula is C18H21ClO3. The number of methoxy groups -OCH3 is 2. The fourth-order valence-corrected chi connectivity index (χ4v) is 2.58. The molecule has 22 heavy (non-hydrogen) atoms. The topological polar surface area (TPSA) is 27.7 Å². The summed E-state index contributed by atoms with van der Waals surface area (Å²) in [6.07, 6.45) is 0.767. The normalized spacial score (nSPS) is 10.4. The minimum absolute atomic E-state index is 0.406. The molecule has 0 bridgehead atoms. The van der Waals surface area contributed by atoms with Crippen LogP contribution >= 0.6 is 11.6 Å². The van der Waals surface area contributed by atoms with E-state index in [2.05, 4.69) is 12.1 Å². The highest BCUT2D eigenvalue weighted by Crippen LogP contribution is 2.31. The second kappa shape index (κ2) is 7.95. The molecule has 2 rings (SSSR count). The largest absolute Gasteiger partial charge is 0.496 e. The lowest BCUT2D eigenvalue weighted by Gasteiger charge is -2.14. The Morgan fingerprint density at radius 1 is 0.909 bits per heavy atom. The molecule has 0 aliphatic carbocycles. The molecule has 0 aliphatic rings. The monoisotopic (exact) mass is 320 g/mol. The Balaban J connectivity index is 2.27. The molecule has 3 nitrogen and oxygen atoms in total. The maximum Gasteiger partial charge on any atom is 0.126 e. The standard InChI is InChI=1S/C18H21ClO3/c1-4-22-16-7-5-13(6-8-16)9-14-10-15(12-19)18(21-3)11-17(14)20-2/h5-8,10-11H,4,9,12H2,1-3H3. The fourth-order valence-electron chi connectivity index (χ4n) is 2.37. The molecule has 0 amide bonds. The Morgan fingerprint density at radius 2 is 1.55 bits per heavy atom. The fraction of sp³-hybridized carbons (Fsp3) is 0.333. The molecule has 0 saturated heterocycles. The van der Waals surface area contributed by atoms with E-state index in [9.17, 15) is 0 Å². The van der Waals surface area contributed by atoms with Crippen LogP contribution in [0.1, 0.15) is 23.6 Å². The number of hydrogen-bond acceptors (Lipinski definition) is 3. The van der Waals surface area contributed by atoms with Crippen LogP contribution in [-0.2, 0) is 12.3 Å². The number of ether oxygens (including phenoxy) is 3. The van der Waals surface area contributed by atoms with Crippen molar-refractivity contribution < 1.29 is 14.2 Å². The van der Waals surface area contributed by atoms with Gasteiger partial charge in [-0.1, -0.05) is 12.1 Å². The SMILES string of the molecule is CCOc1ccc(Cc2cc(CCl)c(OC)cc2OC)cc1. The molecule has 0 atom stereocenters. The maximum absolute atomic E-state index is 6.00. The zero-order valence-electron chi connectivity index (χ0n) is 13.2. The van der Waals surface area contributed by atoms with Crippen molar-refractivity contribution in [1.82, 2.24) is 0 Å². The van der Waals surface area contributed by atoms with Crippen LogP contribution in [0.25, 0.3) is 0 Å². The maximum atomic E-state index is 6.00. The second-order valence-electron chi connectivity index (χ2n) is 4.86. The van der Waals surface area contributed by atoms with E-state index in [0.29, 0.717) is 12.5 Å². The Hall–Kier alpha value is -1.87. The Kier molecular flexibility index (Phi) is 5.96. The van der Waals surface area contributed by atoms with Crippen LogP contribution in [0.5, 0.6) is 17.2 Å². The first kappa shape index (κ1) is 16.5. The van der Waals surface area contributed by atoms with Gasteiger partial charge in [-0.2, -0.15) is 0 Å². The van der Waals surface area contributed by atoms with Gasteiger partial charge in [0, 0.05) is 18.1 Å². The lowest BCUT2D eigenvalue weighted by molar-refractivity contribution is 0.340. The molecule has 0 aliphatic heterocycles. The van der Waals surface area contributed by atoms with Crippen LogP contribution in [0, 0.1) is 0 Å². The number of halogens is 1. The summed E-state index contributed by atoms with van der Waals surface area (Å²) in [6.45, 7) is 2.65. The van der Waals surface area contributed by atoms with Crippen LogP contribution < -0.4 is 14.2 Å². The summed E-state index contributed by atoms with van der Waals surface area (Å²) in [5, 5.41) is 0. The van der Waals surface area contributed by atoms with Crippen LogP contribution in [0.4, 0.5) is 0 Å². The smallest absolute Gasteiger partial charge is 0.126 e. The highest BCUT2D eigenvalue weighted by molar-refractivity contribution is 6.17. The van der Waals surface area contributed by atoms with E-state index in [0.717, 1.165) is 34.8 Å². The van der Waals surface area contributed by atoms with Crippen molar-refractivity contribution in [1.29, 1.82) is 0 Å². The quantitative estimate of drug-likeness (QED) is 0.706. The molecular weight excluding hydrogens is 300 g/mol. The second-order valence-corrected chi connectivity index (χ2v) is 5.13. The lowest BCUT2D eigenvalue weighted by Crippen LogP contribution is -1.99. The molecule has 2 aromatic carbocycles. The third kappa shape index (κ3) is 3.86. The molecule has 2 aromatic rings. The number of rotatable bonds is 7. The van der Waals surface area contributed by atoms with Crippen LogP contribution in [0.15, 0.2) is 36.4 Å². The minimum Gasteiger partial charge on any atom is -0.496 e. The van der Waals surface area contributed by atoms with Gasteiger partial charge < -0.3 is 14.2 Å². The summed E-state index contributed by atoms with van der Waals surface area (Å²) in [5.74, 6) is 2.85. The molecule has 0 aromatic heterocycles. The Labute approximate surface area is 136 Å². The minimum atomic E-state index is 0.406. The van der Waals surface area contributed by atoms with E-state index < -0.39 is 0 Å². The molecule has 0 unspecified atom stereocenters. The van der Waals surface area contributed by atoms with Gasteiger partial charge in [-0.15, -0.1) is 11.6 Å². The number of alkyl halides is 1. The van der Waals surface area contributed by atoms with E-state index in [-0.39, 0.29) is 0 Å². The average Bonchev–Trinajstić information content (AvgIpc) is 2.56. The van der Waals surface area contributed by atoms with Gasteiger partial charge in [0.15, 0.2) is 0 Å². The summed E-state index contributed by atoms with van der Waals surface area (Å²) in [5.41, 5.74) is 3.24. The molecule has 0 radical (unpaired) electrons. The van der Waals surface area contributed by atoms with Crippen molar-refractivity contribution in [2.45, 2.75) is 19.2 Å². The third-order valence-corrected chi connectivity index (χ3v) is 3.74.